The number of aliphatic carboxylic acids is 1. The third-order valence-electron chi connectivity index (χ3n) is 2.41. The highest BCUT2D eigenvalue weighted by molar-refractivity contribution is 5.94. The van der Waals surface area contributed by atoms with Crippen molar-refractivity contribution in [3.8, 4) is 5.75 Å². The molecule has 6 heteroatoms. The molecule has 5 nitrogen and oxygen atoms in total. The molecule has 1 rings (SSSR count). The first kappa shape index (κ1) is 14.0. The minimum Gasteiger partial charge on any atom is -0.494 e. The lowest BCUT2D eigenvalue weighted by atomic mass is 10.2. The number of carbonyl (C=O) groups excluding carboxylic acids is 1. The minimum atomic E-state index is -0.990. The van der Waals surface area contributed by atoms with Gasteiger partial charge in [0.2, 0.25) is 0 Å². The Morgan fingerprint density at radius 2 is 2.11 bits per heavy atom. The molecule has 1 aromatic carbocycles. The van der Waals surface area contributed by atoms with Gasteiger partial charge >= 0.3 is 5.97 Å². The second kappa shape index (κ2) is 6.00. The molecule has 0 aliphatic heterocycles. The average Bonchev–Trinajstić information content (AvgIpc) is 2.34. The summed E-state index contributed by atoms with van der Waals surface area (Å²) < 4.78 is 18.1. The molecular weight excluding hydrogens is 241 g/mol. The number of ether oxygens (including phenoxy) is 1. The second-order valence-electron chi connectivity index (χ2n) is 3.72. The number of amides is 1. The van der Waals surface area contributed by atoms with Crippen molar-refractivity contribution >= 4 is 11.9 Å². The molecule has 0 radical (unpaired) electrons. The van der Waals surface area contributed by atoms with E-state index in [2.05, 4.69) is 0 Å². The molecular formula is C12H14FNO4. The lowest BCUT2D eigenvalue weighted by Gasteiger charge is -2.16. The van der Waals surface area contributed by atoms with E-state index in [0.717, 1.165) is 6.07 Å². The zero-order valence-electron chi connectivity index (χ0n) is 10.1. The zero-order chi connectivity index (χ0) is 13.7. The van der Waals surface area contributed by atoms with Gasteiger partial charge in [-0.3, -0.25) is 9.59 Å². The van der Waals surface area contributed by atoms with Crippen LogP contribution in [0, 0.1) is 5.82 Å². The molecule has 0 bridgehead atoms. The van der Waals surface area contributed by atoms with Gasteiger partial charge in [0.1, 0.15) is 0 Å². The number of carboxylic acid groups (broad SMARTS) is 1. The van der Waals surface area contributed by atoms with Crippen LogP contribution in [-0.4, -0.2) is 42.6 Å². The van der Waals surface area contributed by atoms with Crippen LogP contribution in [0.5, 0.6) is 5.75 Å². The number of nitrogens with zero attached hydrogens (tertiary/aromatic N) is 1. The van der Waals surface area contributed by atoms with Gasteiger partial charge in [0.05, 0.1) is 13.5 Å². The number of rotatable bonds is 5. The molecule has 18 heavy (non-hydrogen) atoms. The first-order chi connectivity index (χ1) is 8.45. The van der Waals surface area contributed by atoms with Crippen molar-refractivity contribution in [3.05, 3.63) is 29.6 Å². The number of carbonyl (C=O) groups is 2. The highest BCUT2D eigenvalue weighted by Crippen LogP contribution is 2.18. The third-order valence-corrected chi connectivity index (χ3v) is 2.41. The molecule has 1 aromatic rings. The Morgan fingerprint density at radius 1 is 1.44 bits per heavy atom. The molecule has 0 saturated carbocycles. The van der Waals surface area contributed by atoms with Crippen LogP contribution in [0.3, 0.4) is 0 Å². The summed E-state index contributed by atoms with van der Waals surface area (Å²) >= 11 is 0. The molecule has 0 aromatic heterocycles. The minimum absolute atomic E-state index is 0.0553. The number of carboxylic acids is 1. The maximum absolute atomic E-state index is 13.4. The Kier molecular flexibility index (Phi) is 4.65. The van der Waals surface area contributed by atoms with Crippen molar-refractivity contribution in [3.63, 3.8) is 0 Å². The van der Waals surface area contributed by atoms with Crippen LogP contribution in [0.15, 0.2) is 18.2 Å². The third kappa shape index (κ3) is 3.44. The van der Waals surface area contributed by atoms with E-state index in [9.17, 15) is 14.0 Å². The lowest BCUT2D eigenvalue weighted by Crippen LogP contribution is -2.29. The van der Waals surface area contributed by atoms with E-state index in [-0.39, 0.29) is 24.3 Å². The summed E-state index contributed by atoms with van der Waals surface area (Å²) in [6.07, 6.45) is -0.152. The Balaban J connectivity index is 2.77. The fraction of sp³-hybridized carbons (Fsp3) is 0.333. The first-order valence-electron chi connectivity index (χ1n) is 5.26. The van der Waals surface area contributed by atoms with Crippen LogP contribution >= 0.6 is 0 Å². The molecule has 0 saturated heterocycles. The molecule has 98 valence electrons. The standard InChI is InChI=1S/C12H14FNO4/c1-14(6-5-11(15)16)12(17)8-3-4-10(18-2)9(13)7-8/h3-4,7H,5-6H2,1-2H3,(H,15,16). The quantitative estimate of drug-likeness (QED) is 0.863. The monoisotopic (exact) mass is 255 g/mol. The van der Waals surface area contributed by atoms with Gasteiger partial charge in [-0.25, -0.2) is 4.39 Å². The van der Waals surface area contributed by atoms with Crippen LogP contribution < -0.4 is 4.74 Å². The SMILES string of the molecule is COc1ccc(C(=O)N(C)CCC(=O)O)cc1F. The highest BCUT2D eigenvalue weighted by Gasteiger charge is 2.14. The van der Waals surface area contributed by atoms with Gasteiger partial charge in [-0.1, -0.05) is 0 Å². The number of methoxy groups -OCH3 is 1. The summed E-state index contributed by atoms with van der Waals surface area (Å²) in [5.74, 6) is -2.00. The lowest BCUT2D eigenvalue weighted by molar-refractivity contribution is -0.137. The van der Waals surface area contributed by atoms with Gasteiger partial charge < -0.3 is 14.7 Å². The van der Waals surface area contributed by atoms with Crippen LogP contribution in [0.4, 0.5) is 4.39 Å². The van der Waals surface area contributed by atoms with Crippen LogP contribution in [0.25, 0.3) is 0 Å². The summed E-state index contributed by atoms with van der Waals surface area (Å²) in [4.78, 5) is 23.5. The van der Waals surface area contributed by atoms with Gasteiger partial charge in [0.25, 0.3) is 5.91 Å². The molecule has 0 unspecified atom stereocenters. The van der Waals surface area contributed by atoms with E-state index in [1.54, 1.807) is 0 Å². The van der Waals surface area contributed by atoms with Gasteiger partial charge in [-0.05, 0) is 18.2 Å². The van der Waals surface area contributed by atoms with Crippen molar-refractivity contribution in [2.24, 2.45) is 0 Å². The Bertz CT molecular complexity index is 461. The maximum Gasteiger partial charge on any atom is 0.305 e. The molecule has 0 atom stereocenters. The molecule has 1 N–H and O–H groups in total. The van der Waals surface area contributed by atoms with Crippen LogP contribution in [0.2, 0.25) is 0 Å². The van der Waals surface area contributed by atoms with Crippen molar-refractivity contribution in [1.29, 1.82) is 0 Å². The number of benzene rings is 1. The molecule has 0 aliphatic rings. The van der Waals surface area contributed by atoms with E-state index in [4.69, 9.17) is 9.84 Å². The van der Waals surface area contributed by atoms with Crippen molar-refractivity contribution in [2.45, 2.75) is 6.42 Å². The van der Waals surface area contributed by atoms with Gasteiger partial charge in [0, 0.05) is 19.2 Å². The Labute approximate surface area is 104 Å². The first-order valence-corrected chi connectivity index (χ1v) is 5.26. The fourth-order valence-corrected chi connectivity index (χ4v) is 1.38. The number of hydrogen-bond donors (Lipinski definition) is 1. The van der Waals surface area contributed by atoms with Gasteiger partial charge in [-0.2, -0.15) is 0 Å². The molecule has 0 spiro atoms. The van der Waals surface area contributed by atoms with Crippen LogP contribution in [-0.2, 0) is 4.79 Å². The molecule has 0 heterocycles. The Hall–Kier alpha value is -2.11. The number of halogens is 1. The summed E-state index contributed by atoms with van der Waals surface area (Å²) in [6.45, 7) is 0.0712. The summed E-state index contributed by atoms with van der Waals surface area (Å²) in [6, 6.07) is 3.85. The van der Waals surface area contributed by atoms with Crippen molar-refractivity contribution in [1.82, 2.24) is 4.90 Å². The van der Waals surface area contributed by atoms with E-state index < -0.39 is 17.7 Å². The largest absolute Gasteiger partial charge is 0.494 e. The predicted octanol–water partition coefficient (Wildman–Crippen LogP) is 1.38. The van der Waals surface area contributed by atoms with Gasteiger partial charge in [-0.15, -0.1) is 0 Å². The summed E-state index contributed by atoms with van der Waals surface area (Å²) in [5.41, 5.74) is 0.154. The summed E-state index contributed by atoms with van der Waals surface area (Å²) in [5, 5.41) is 8.51. The predicted molar refractivity (Wildman–Crippen MR) is 62.2 cm³/mol. The van der Waals surface area contributed by atoms with E-state index in [0.29, 0.717) is 0 Å². The van der Waals surface area contributed by atoms with Gasteiger partial charge in [0.15, 0.2) is 11.6 Å². The summed E-state index contributed by atoms with van der Waals surface area (Å²) in [7, 11) is 2.80. The fourth-order valence-electron chi connectivity index (χ4n) is 1.38. The van der Waals surface area contributed by atoms with E-state index >= 15 is 0 Å². The molecule has 0 aliphatic carbocycles. The number of hydrogen-bond acceptors (Lipinski definition) is 3. The zero-order valence-corrected chi connectivity index (χ0v) is 10.1. The van der Waals surface area contributed by atoms with E-state index in [1.807, 2.05) is 0 Å². The van der Waals surface area contributed by atoms with Crippen molar-refractivity contribution < 1.29 is 23.8 Å². The molecule has 0 fully saturated rings. The average molecular weight is 255 g/mol. The Morgan fingerprint density at radius 3 is 2.61 bits per heavy atom. The second-order valence-corrected chi connectivity index (χ2v) is 3.72. The topological polar surface area (TPSA) is 66.8 Å². The maximum atomic E-state index is 13.4. The van der Waals surface area contributed by atoms with Crippen LogP contribution in [0.1, 0.15) is 16.8 Å². The highest BCUT2D eigenvalue weighted by atomic mass is 19.1. The smallest absolute Gasteiger partial charge is 0.305 e. The normalized spacial score (nSPS) is 9.94. The van der Waals surface area contributed by atoms with Crippen molar-refractivity contribution in [2.75, 3.05) is 20.7 Å². The van der Waals surface area contributed by atoms with E-state index in [1.165, 1.54) is 31.2 Å². The molecule has 1 amide bonds.